The summed E-state index contributed by atoms with van der Waals surface area (Å²) in [5, 5.41) is 0.992. The monoisotopic (exact) mass is 396 g/mol. The highest BCUT2D eigenvalue weighted by Gasteiger charge is 2.39. The van der Waals surface area contributed by atoms with E-state index in [2.05, 4.69) is 11.9 Å². The summed E-state index contributed by atoms with van der Waals surface area (Å²) in [6, 6.07) is 13.1. The molecule has 0 spiro atoms. The van der Waals surface area contributed by atoms with Gasteiger partial charge in [-0.2, -0.15) is 0 Å². The Balaban J connectivity index is 1.85. The Bertz CT molecular complexity index is 1190. The van der Waals surface area contributed by atoms with Crippen LogP contribution >= 0.6 is 0 Å². The van der Waals surface area contributed by atoms with Gasteiger partial charge in [-0.1, -0.05) is 18.2 Å². The molecule has 1 aromatic heterocycles. The molecule has 146 valence electrons. The third-order valence-electron chi connectivity index (χ3n) is 5.77. The number of aromatic nitrogens is 1. The first-order valence-corrected chi connectivity index (χ1v) is 11.2. The Morgan fingerprint density at radius 1 is 1.14 bits per heavy atom. The van der Waals surface area contributed by atoms with Crippen LogP contribution < -0.4 is 4.74 Å². The first-order chi connectivity index (χ1) is 13.4. The minimum Gasteiger partial charge on any atom is -0.491 e. The summed E-state index contributed by atoms with van der Waals surface area (Å²) in [7, 11) is -1.47. The molecule has 1 fully saturated rings. The Kier molecular flexibility index (Phi) is 3.87. The van der Waals surface area contributed by atoms with E-state index in [0.717, 1.165) is 53.0 Å². The molecular weight excluding hydrogens is 372 g/mol. The smallest absolute Gasteiger partial charge is 0.269 e. The maximum atomic E-state index is 13.4. The summed E-state index contributed by atoms with van der Waals surface area (Å²) >= 11 is 0. The molecule has 6 heteroatoms. The van der Waals surface area contributed by atoms with E-state index < -0.39 is 10.0 Å². The molecule has 2 aliphatic heterocycles. The maximum absolute atomic E-state index is 13.4. The van der Waals surface area contributed by atoms with E-state index in [1.54, 1.807) is 16.1 Å². The van der Waals surface area contributed by atoms with E-state index in [0.29, 0.717) is 10.8 Å². The lowest BCUT2D eigenvalue weighted by atomic mass is 9.92. The molecule has 0 amide bonds. The number of rotatable bonds is 3. The van der Waals surface area contributed by atoms with Crippen molar-refractivity contribution in [3.05, 3.63) is 48.0 Å². The molecule has 5 nitrogen and oxygen atoms in total. The van der Waals surface area contributed by atoms with Gasteiger partial charge in [0.1, 0.15) is 5.75 Å². The van der Waals surface area contributed by atoms with Gasteiger partial charge in [-0.05, 0) is 63.7 Å². The van der Waals surface area contributed by atoms with Gasteiger partial charge in [0.25, 0.3) is 10.0 Å². The van der Waals surface area contributed by atoms with Gasteiger partial charge in [0, 0.05) is 23.4 Å². The van der Waals surface area contributed by atoms with Crippen molar-refractivity contribution in [2.75, 3.05) is 20.1 Å². The average molecular weight is 397 g/mol. The van der Waals surface area contributed by atoms with E-state index in [9.17, 15) is 8.42 Å². The van der Waals surface area contributed by atoms with E-state index in [1.165, 1.54) is 0 Å². The van der Waals surface area contributed by atoms with Crippen molar-refractivity contribution in [1.29, 1.82) is 0 Å². The van der Waals surface area contributed by atoms with Gasteiger partial charge in [0.05, 0.1) is 22.2 Å². The number of likely N-dealkylation sites (tertiary alicyclic amines) is 1. The topological polar surface area (TPSA) is 51.5 Å². The van der Waals surface area contributed by atoms with Crippen LogP contribution in [-0.4, -0.2) is 43.5 Å². The zero-order valence-corrected chi connectivity index (χ0v) is 17.2. The first-order valence-electron chi connectivity index (χ1n) is 9.76. The Morgan fingerprint density at radius 2 is 1.93 bits per heavy atom. The second-order valence-electron chi connectivity index (χ2n) is 8.12. The van der Waals surface area contributed by atoms with Crippen LogP contribution in [0.4, 0.5) is 0 Å². The fourth-order valence-corrected chi connectivity index (χ4v) is 6.43. The molecule has 0 aliphatic carbocycles. The van der Waals surface area contributed by atoms with E-state index >= 15 is 0 Å². The van der Waals surface area contributed by atoms with E-state index in [4.69, 9.17) is 4.74 Å². The third kappa shape index (κ3) is 2.44. The van der Waals surface area contributed by atoms with Gasteiger partial charge in [-0.25, -0.2) is 12.4 Å². The lowest BCUT2D eigenvalue weighted by molar-refractivity contribution is 0.243. The molecule has 3 heterocycles. The molecule has 5 rings (SSSR count). The number of likely N-dealkylation sites (N-methyl/N-ethyl adjacent to an activating group) is 1. The van der Waals surface area contributed by atoms with Crippen LogP contribution in [0.1, 0.15) is 31.7 Å². The largest absolute Gasteiger partial charge is 0.491 e. The van der Waals surface area contributed by atoms with Crippen LogP contribution in [0.3, 0.4) is 0 Å². The van der Waals surface area contributed by atoms with Crippen molar-refractivity contribution >= 4 is 20.9 Å². The van der Waals surface area contributed by atoms with Crippen LogP contribution in [-0.2, 0) is 10.0 Å². The van der Waals surface area contributed by atoms with Gasteiger partial charge in [0.2, 0.25) is 0 Å². The van der Waals surface area contributed by atoms with Crippen molar-refractivity contribution < 1.29 is 13.2 Å². The van der Waals surface area contributed by atoms with Crippen molar-refractivity contribution in [2.45, 2.75) is 37.2 Å². The summed E-state index contributed by atoms with van der Waals surface area (Å²) < 4.78 is 34.2. The summed E-state index contributed by atoms with van der Waals surface area (Å²) in [4.78, 5) is 2.71. The van der Waals surface area contributed by atoms with Crippen molar-refractivity contribution in [3.63, 3.8) is 0 Å². The number of ether oxygens (including phenoxy) is 1. The normalized spacial score (nSPS) is 20.6. The Morgan fingerprint density at radius 3 is 2.64 bits per heavy atom. The molecule has 2 aromatic carbocycles. The maximum Gasteiger partial charge on any atom is 0.269 e. The number of hydrogen-bond acceptors (Lipinski definition) is 4. The molecule has 0 bridgehead atoms. The fourth-order valence-electron chi connectivity index (χ4n) is 4.68. The zero-order chi connectivity index (χ0) is 19.6. The van der Waals surface area contributed by atoms with Gasteiger partial charge in [-0.15, -0.1) is 0 Å². The average Bonchev–Trinajstić information content (AvgIpc) is 3.27. The molecule has 0 radical (unpaired) electrons. The second-order valence-corrected chi connectivity index (χ2v) is 9.88. The van der Waals surface area contributed by atoms with Gasteiger partial charge < -0.3 is 9.64 Å². The summed E-state index contributed by atoms with van der Waals surface area (Å²) in [6.45, 7) is 5.95. The van der Waals surface area contributed by atoms with Crippen molar-refractivity contribution in [3.8, 4) is 17.0 Å². The highest BCUT2D eigenvalue weighted by Crippen LogP contribution is 2.49. The van der Waals surface area contributed by atoms with Crippen LogP contribution in [0.2, 0.25) is 0 Å². The first kappa shape index (κ1) is 17.8. The molecule has 28 heavy (non-hydrogen) atoms. The number of benzene rings is 2. The Labute approximate surface area is 165 Å². The van der Waals surface area contributed by atoms with Gasteiger partial charge in [-0.3, -0.25) is 0 Å². The highest BCUT2D eigenvalue weighted by molar-refractivity contribution is 7.90. The fraction of sp³-hybridized carbons (Fsp3) is 0.364. The summed E-state index contributed by atoms with van der Waals surface area (Å²) in [5.74, 6) is 1.09. The van der Waals surface area contributed by atoms with Crippen LogP contribution in [0.25, 0.3) is 22.2 Å². The summed E-state index contributed by atoms with van der Waals surface area (Å²) in [6.07, 6.45) is 1.09. The zero-order valence-electron chi connectivity index (χ0n) is 16.3. The predicted octanol–water partition coefficient (Wildman–Crippen LogP) is 4.07. The second kappa shape index (κ2) is 6.09. The predicted molar refractivity (Wildman–Crippen MR) is 111 cm³/mol. The Hall–Kier alpha value is -2.31. The minimum absolute atomic E-state index is 0.0671. The molecule has 0 unspecified atom stereocenters. The third-order valence-corrected chi connectivity index (χ3v) is 7.54. The number of fused-ring (bicyclic) bond motifs is 5. The molecule has 3 aromatic rings. The molecular formula is C22H24N2O3S. The quantitative estimate of drug-likeness (QED) is 0.524. The minimum atomic E-state index is -3.59. The van der Waals surface area contributed by atoms with E-state index in [-0.39, 0.29) is 6.10 Å². The molecule has 2 aliphatic rings. The van der Waals surface area contributed by atoms with E-state index in [1.807, 2.05) is 44.2 Å². The number of nitrogens with zero attached hydrogens (tertiary/aromatic N) is 2. The lowest BCUT2D eigenvalue weighted by Gasteiger charge is -2.14. The standard InChI is InChI=1S/C22H24N2O3S/c1-14(2)27-16-8-9-19-18(12-16)21(15-10-11-23(3)13-15)22-17-6-4-5-7-20(17)28(25,26)24(19)22/h4-9,12,14-15H,10-11,13H2,1-3H3/t15-/m1/s1. The molecule has 1 atom stereocenters. The molecule has 0 N–H and O–H groups in total. The summed E-state index contributed by atoms with van der Waals surface area (Å²) in [5.41, 5.74) is 3.54. The molecule has 0 saturated carbocycles. The van der Waals surface area contributed by atoms with Gasteiger partial charge >= 0.3 is 0 Å². The van der Waals surface area contributed by atoms with Crippen LogP contribution in [0.5, 0.6) is 5.75 Å². The molecule has 1 saturated heterocycles. The lowest BCUT2D eigenvalue weighted by Crippen LogP contribution is -2.13. The van der Waals surface area contributed by atoms with Crippen LogP contribution in [0.15, 0.2) is 47.4 Å². The SMILES string of the molecule is CC(C)Oc1ccc2c(c1)c([C@@H]1CCN(C)C1)c1n2S(=O)(=O)c2ccccc2-1. The highest BCUT2D eigenvalue weighted by atomic mass is 32.2. The van der Waals surface area contributed by atoms with Crippen molar-refractivity contribution in [1.82, 2.24) is 8.87 Å². The van der Waals surface area contributed by atoms with Gasteiger partial charge in [0.15, 0.2) is 0 Å². The van der Waals surface area contributed by atoms with Crippen molar-refractivity contribution in [2.24, 2.45) is 0 Å². The number of hydrogen-bond donors (Lipinski definition) is 0. The van der Waals surface area contributed by atoms with Crippen LogP contribution in [0, 0.1) is 0 Å².